The van der Waals surface area contributed by atoms with Crippen LogP contribution in [-0.4, -0.2) is 29.9 Å². The Balaban J connectivity index is 2.33. The monoisotopic (exact) mass is 382 g/mol. The van der Waals surface area contributed by atoms with Gasteiger partial charge in [0.1, 0.15) is 0 Å². The number of pyridine rings is 1. The van der Waals surface area contributed by atoms with E-state index in [-0.39, 0.29) is 5.91 Å². The average molecular weight is 383 g/mol. The van der Waals surface area contributed by atoms with Crippen LogP contribution >= 0.6 is 15.9 Å². The number of carbonyl (C=O) groups is 1. The van der Waals surface area contributed by atoms with E-state index in [0.717, 1.165) is 32.2 Å². The first-order chi connectivity index (χ1) is 11.4. The summed E-state index contributed by atoms with van der Waals surface area (Å²) in [5.74, 6) is -0.0212. The van der Waals surface area contributed by atoms with Gasteiger partial charge >= 0.3 is 0 Å². The van der Waals surface area contributed by atoms with Crippen LogP contribution in [0.5, 0.6) is 0 Å². The van der Waals surface area contributed by atoms with Crippen molar-refractivity contribution in [2.75, 3.05) is 14.1 Å². The molecule has 3 rings (SSSR count). The number of fused-ring (bicyclic) bond motifs is 1. The molecule has 1 amide bonds. The van der Waals surface area contributed by atoms with E-state index in [1.807, 2.05) is 24.3 Å². The molecule has 1 aromatic heterocycles. The Hall–Kier alpha value is -2.20. The molecular weight excluding hydrogens is 364 g/mol. The molecule has 2 aromatic carbocycles. The first kappa shape index (κ1) is 16.7. The topological polar surface area (TPSA) is 33.2 Å². The van der Waals surface area contributed by atoms with Crippen LogP contribution < -0.4 is 0 Å². The molecule has 0 bridgehead atoms. The summed E-state index contributed by atoms with van der Waals surface area (Å²) in [6.45, 7) is 4.13. The zero-order valence-electron chi connectivity index (χ0n) is 14.2. The zero-order valence-corrected chi connectivity index (χ0v) is 15.8. The Morgan fingerprint density at radius 1 is 1.04 bits per heavy atom. The van der Waals surface area contributed by atoms with Gasteiger partial charge in [-0.15, -0.1) is 0 Å². The highest BCUT2D eigenvalue weighted by molar-refractivity contribution is 9.10. The molecule has 24 heavy (non-hydrogen) atoms. The van der Waals surface area contributed by atoms with E-state index in [2.05, 4.69) is 48.0 Å². The smallest absolute Gasteiger partial charge is 0.254 e. The van der Waals surface area contributed by atoms with Crippen LogP contribution in [0.25, 0.3) is 22.2 Å². The lowest BCUT2D eigenvalue weighted by Crippen LogP contribution is -2.22. The van der Waals surface area contributed by atoms with Crippen LogP contribution in [0.4, 0.5) is 0 Å². The SMILES string of the molecule is Cc1ccc(C)c(-c2cc(C(=O)N(C)C)c3cc(Br)ccc3n2)c1. The standard InChI is InChI=1S/C20H19BrN2O/c1-12-5-6-13(2)15(9-12)19-11-17(20(24)23(3)4)16-10-14(21)7-8-18(16)22-19/h5-11H,1-4H3. The third kappa shape index (κ3) is 3.06. The predicted molar refractivity (Wildman–Crippen MR) is 102 cm³/mol. The fourth-order valence-corrected chi connectivity index (χ4v) is 3.13. The van der Waals surface area contributed by atoms with Crippen molar-refractivity contribution < 1.29 is 4.79 Å². The first-order valence-electron chi connectivity index (χ1n) is 7.76. The normalized spacial score (nSPS) is 10.9. The Morgan fingerprint density at radius 3 is 2.50 bits per heavy atom. The number of hydrogen-bond donors (Lipinski definition) is 0. The molecule has 0 aliphatic heterocycles. The molecule has 0 aliphatic rings. The van der Waals surface area contributed by atoms with Crippen LogP contribution in [0.15, 0.2) is 46.9 Å². The molecule has 3 aromatic rings. The highest BCUT2D eigenvalue weighted by Gasteiger charge is 2.16. The number of amides is 1. The molecule has 122 valence electrons. The van der Waals surface area contributed by atoms with Crippen LogP contribution in [0, 0.1) is 13.8 Å². The van der Waals surface area contributed by atoms with E-state index in [9.17, 15) is 4.79 Å². The summed E-state index contributed by atoms with van der Waals surface area (Å²) in [6, 6.07) is 14.0. The summed E-state index contributed by atoms with van der Waals surface area (Å²) in [4.78, 5) is 19.1. The van der Waals surface area contributed by atoms with Crippen LogP contribution in [0.3, 0.4) is 0 Å². The summed E-state index contributed by atoms with van der Waals surface area (Å²) >= 11 is 3.48. The molecule has 0 N–H and O–H groups in total. The molecule has 3 nitrogen and oxygen atoms in total. The van der Waals surface area contributed by atoms with E-state index in [0.29, 0.717) is 5.56 Å². The molecule has 0 unspecified atom stereocenters. The third-order valence-corrected chi connectivity index (χ3v) is 4.57. The van der Waals surface area contributed by atoms with E-state index in [1.54, 1.807) is 19.0 Å². The van der Waals surface area contributed by atoms with Crippen molar-refractivity contribution in [3.63, 3.8) is 0 Å². The lowest BCUT2D eigenvalue weighted by Gasteiger charge is -2.15. The van der Waals surface area contributed by atoms with Crippen molar-refractivity contribution in [2.24, 2.45) is 0 Å². The Labute approximate surface area is 150 Å². The zero-order chi connectivity index (χ0) is 17.4. The first-order valence-corrected chi connectivity index (χ1v) is 8.55. The van der Waals surface area contributed by atoms with Crippen molar-refractivity contribution in [3.05, 3.63) is 63.6 Å². The van der Waals surface area contributed by atoms with Gasteiger partial charge in [0.2, 0.25) is 0 Å². The number of halogens is 1. The van der Waals surface area contributed by atoms with E-state index >= 15 is 0 Å². The third-order valence-electron chi connectivity index (χ3n) is 4.08. The molecule has 0 spiro atoms. The molecule has 1 heterocycles. The number of benzene rings is 2. The largest absolute Gasteiger partial charge is 0.345 e. The molecule has 0 atom stereocenters. The molecule has 0 saturated heterocycles. The number of carbonyl (C=O) groups excluding carboxylic acids is 1. The lowest BCUT2D eigenvalue weighted by molar-refractivity contribution is 0.0829. The van der Waals surface area contributed by atoms with Crippen LogP contribution in [0.2, 0.25) is 0 Å². The fourth-order valence-electron chi connectivity index (χ4n) is 2.77. The minimum Gasteiger partial charge on any atom is -0.345 e. The van der Waals surface area contributed by atoms with Gasteiger partial charge in [0.15, 0.2) is 0 Å². The van der Waals surface area contributed by atoms with E-state index < -0.39 is 0 Å². The van der Waals surface area contributed by atoms with Gasteiger partial charge in [-0.05, 0) is 49.7 Å². The minimum absolute atomic E-state index is 0.0212. The Kier molecular flexibility index (Phi) is 4.41. The van der Waals surface area contributed by atoms with Gasteiger partial charge in [-0.2, -0.15) is 0 Å². The second-order valence-electron chi connectivity index (χ2n) is 6.23. The Bertz CT molecular complexity index is 948. The van der Waals surface area contributed by atoms with Gasteiger partial charge < -0.3 is 4.90 Å². The number of aromatic nitrogens is 1. The van der Waals surface area contributed by atoms with Crippen molar-refractivity contribution in [3.8, 4) is 11.3 Å². The maximum atomic E-state index is 12.7. The average Bonchev–Trinajstić information content (AvgIpc) is 2.55. The molecule has 0 fully saturated rings. The summed E-state index contributed by atoms with van der Waals surface area (Å²) in [5.41, 5.74) is 5.70. The molecular formula is C20H19BrN2O. The number of hydrogen-bond acceptors (Lipinski definition) is 2. The van der Waals surface area contributed by atoms with Crippen LogP contribution in [-0.2, 0) is 0 Å². The van der Waals surface area contributed by atoms with Crippen molar-refractivity contribution in [1.82, 2.24) is 9.88 Å². The van der Waals surface area contributed by atoms with Gasteiger partial charge in [-0.1, -0.05) is 33.6 Å². The predicted octanol–water partition coefficient (Wildman–Crippen LogP) is 4.98. The lowest BCUT2D eigenvalue weighted by atomic mass is 9.99. The second kappa shape index (κ2) is 6.36. The maximum absolute atomic E-state index is 12.7. The van der Waals surface area contributed by atoms with Crippen LogP contribution in [0.1, 0.15) is 21.5 Å². The van der Waals surface area contributed by atoms with Gasteiger partial charge in [0.05, 0.1) is 16.8 Å². The highest BCUT2D eigenvalue weighted by atomic mass is 79.9. The van der Waals surface area contributed by atoms with E-state index in [1.165, 1.54) is 5.56 Å². The van der Waals surface area contributed by atoms with Gasteiger partial charge in [0, 0.05) is 29.5 Å². The highest BCUT2D eigenvalue weighted by Crippen LogP contribution is 2.29. The molecule has 0 radical (unpaired) electrons. The number of nitrogens with zero attached hydrogens (tertiary/aromatic N) is 2. The minimum atomic E-state index is -0.0212. The van der Waals surface area contributed by atoms with Gasteiger partial charge in [-0.25, -0.2) is 4.98 Å². The van der Waals surface area contributed by atoms with Crippen molar-refractivity contribution in [2.45, 2.75) is 13.8 Å². The van der Waals surface area contributed by atoms with Crippen molar-refractivity contribution >= 4 is 32.7 Å². The number of rotatable bonds is 2. The summed E-state index contributed by atoms with van der Waals surface area (Å²) in [6.07, 6.45) is 0. The molecule has 0 aliphatic carbocycles. The quantitative estimate of drug-likeness (QED) is 0.625. The maximum Gasteiger partial charge on any atom is 0.254 e. The summed E-state index contributed by atoms with van der Waals surface area (Å²) in [7, 11) is 3.54. The summed E-state index contributed by atoms with van der Waals surface area (Å²) < 4.78 is 0.934. The number of aryl methyl sites for hydroxylation is 2. The van der Waals surface area contributed by atoms with Gasteiger partial charge in [0.25, 0.3) is 5.91 Å². The molecule has 4 heteroatoms. The van der Waals surface area contributed by atoms with Gasteiger partial charge in [-0.3, -0.25) is 4.79 Å². The van der Waals surface area contributed by atoms with Crippen molar-refractivity contribution in [1.29, 1.82) is 0 Å². The Morgan fingerprint density at radius 2 is 1.79 bits per heavy atom. The fraction of sp³-hybridized carbons (Fsp3) is 0.200. The summed E-state index contributed by atoms with van der Waals surface area (Å²) in [5, 5.41) is 0.858. The second-order valence-corrected chi connectivity index (χ2v) is 7.15. The molecule has 0 saturated carbocycles. The van der Waals surface area contributed by atoms with E-state index in [4.69, 9.17) is 4.98 Å².